The van der Waals surface area contributed by atoms with Gasteiger partial charge in [0.15, 0.2) is 0 Å². The standard InChI is InChI=1S/C17H25N3O3/c1-2-15-5-3-4-8-20(15)12-14(11-18)16(21)19-9-6-13(7-10-19)17(22)23/h12-13,15H,2-10H2,1H3,(H,22,23)/b14-12-. The molecule has 1 atom stereocenters. The Hall–Kier alpha value is -2.03. The summed E-state index contributed by atoms with van der Waals surface area (Å²) in [6, 6.07) is 2.44. The van der Waals surface area contributed by atoms with Crippen LogP contribution >= 0.6 is 0 Å². The van der Waals surface area contributed by atoms with Crippen molar-refractivity contribution in [2.75, 3.05) is 19.6 Å². The lowest BCUT2D eigenvalue weighted by molar-refractivity contribution is -0.145. The van der Waals surface area contributed by atoms with Crippen molar-refractivity contribution in [3.63, 3.8) is 0 Å². The zero-order chi connectivity index (χ0) is 16.8. The lowest BCUT2D eigenvalue weighted by atomic mass is 9.96. The van der Waals surface area contributed by atoms with E-state index in [2.05, 4.69) is 11.8 Å². The molecule has 0 radical (unpaired) electrons. The Labute approximate surface area is 137 Å². The molecule has 1 N–H and O–H groups in total. The number of rotatable bonds is 4. The molecule has 2 heterocycles. The predicted octanol–water partition coefficient (Wildman–Crippen LogP) is 1.98. The molecule has 0 aromatic rings. The number of nitriles is 1. The summed E-state index contributed by atoms with van der Waals surface area (Å²) in [5.74, 6) is -1.44. The van der Waals surface area contributed by atoms with E-state index in [9.17, 15) is 14.9 Å². The maximum Gasteiger partial charge on any atom is 0.306 e. The predicted molar refractivity (Wildman–Crippen MR) is 85.3 cm³/mol. The number of carbonyl (C=O) groups excluding carboxylic acids is 1. The van der Waals surface area contributed by atoms with Crippen LogP contribution in [0.15, 0.2) is 11.8 Å². The Morgan fingerprint density at radius 1 is 1.22 bits per heavy atom. The number of likely N-dealkylation sites (tertiary alicyclic amines) is 2. The zero-order valence-electron chi connectivity index (χ0n) is 13.7. The molecule has 1 unspecified atom stereocenters. The van der Waals surface area contributed by atoms with Gasteiger partial charge < -0.3 is 14.9 Å². The van der Waals surface area contributed by atoms with Gasteiger partial charge in [-0.2, -0.15) is 5.26 Å². The van der Waals surface area contributed by atoms with Crippen LogP contribution in [0.4, 0.5) is 0 Å². The lowest BCUT2D eigenvalue weighted by Gasteiger charge is -2.35. The minimum Gasteiger partial charge on any atom is -0.481 e. The monoisotopic (exact) mass is 319 g/mol. The number of hydrogen-bond acceptors (Lipinski definition) is 4. The normalized spacial score (nSPS) is 23.5. The molecule has 2 aliphatic heterocycles. The van der Waals surface area contributed by atoms with E-state index in [0.29, 0.717) is 32.0 Å². The van der Waals surface area contributed by atoms with Crippen LogP contribution in [0.3, 0.4) is 0 Å². The molecule has 0 saturated carbocycles. The maximum absolute atomic E-state index is 12.5. The number of nitrogens with zero attached hydrogens (tertiary/aromatic N) is 3. The number of carboxylic acids is 1. The van der Waals surface area contributed by atoms with Gasteiger partial charge in [0.2, 0.25) is 0 Å². The van der Waals surface area contributed by atoms with Crippen LogP contribution in [0.1, 0.15) is 45.4 Å². The van der Waals surface area contributed by atoms with E-state index in [1.165, 1.54) is 6.42 Å². The van der Waals surface area contributed by atoms with Crippen molar-refractivity contribution in [2.24, 2.45) is 5.92 Å². The second-order valence-corrected chi connectivity index (χ2v) is 6.35. The van der Waals surface area contributed by atoms with Crippen molar-refractivity contribution in [1.29, 1.82) is 5.26 Å². The van der Waals surface area contributed by atoms with E-state index >= 15 is 0 Å². The van der Waals surface area contributed by atoms with Gasteiger partial charge >= 0.3 is 5.97 Å². The summed E-state index contributed by atoms with van der Waals surface area (Å²) in [7, 11) is 0. The summed E-state index contributed by atoms with van der Waals surface area (Å²) in [5, 5.41) is 18.4. The van der Waals surface area contributed by atoms with Crippen LogP contribution in [-0.2, 0) is 9.59 Å². The first-order valence-electron chi connectivity index (χ1n) is 8.46. The Morgan fingerprint density at radius 3 is 2.48 bits per heavy atom. The van der Waals surface area contributed by atoms with Gasteiger partial charge in [0.1, 0.15) is 11.6 Å². The number of aliphatic carboxylic acids is 1. The molecule has 0 aromatic heterocycles. The Balaban J connectivity index is 2.02. The molecule has 0 aliphatic carbocycles. The van der Waals surface area contributed by atoms with Crippen molar-refractivity contribution in [3.8, 4) is 6.07 Å². The van der Waals surface area contributed by atoms with Gasteiger partial charge in [-0.15, -0.1) is 0 Å². The number of carboxylic acid groups (broad SMARTS) is 1. The lowest BCUT2D eigenvalue weighted by Crippen LogP contribution is -2.41. The first-order valence-corrected chi connectivity index (χ1v) is 8.46. The first-order chi connectivity index (χ1) is 11.1. The van der Waals surface area contributed by atoms with E-state index < -0.39 is 5.97 Å². The van der Waals surface area contributed by atoms with E-state index in [1.54, 1.807) is 11.1 Å². The zero-order valence-corrected chi connectivity index (χ0v) is 13.7. The second-order valence-electron chi connectivity index (χ2n) is 6.35. The topological polar surface area (TPSA) is 84.6 Å². The summed E-state index contributed by atoms with van der Waals surface area (Å²) in [6.07, 6.45) is 7.03. The SMILES string of the molecule is CCC1CCCCN1/C=C(/C#N)C(=O)N1CCC(C(=O)O)CC1. The van der Waals surface area contributed by atoms with Crippen molar-refractivity contribution < 1.29 is 14.7 Å². The molecule has 0 bridgehead atoms. The molecule has 6 heteroatoms. The van der Waals surface area contributed by atoms with E-state index in [1.807, 2.05) is 6.07 Å². The van der Waals surface area contributed by atoms with Gasteiger partial charge in [-0.1, -0.05) is 6.92 Å². The largest absolute Gasteiger partial charge is 0.481 e. The van der Waals surface area contributed by atoms with Crippen LogP contribution in [0.2, 0.25) is 0 Å². The van der Waals surface area contributed by atoms with Gasteiger partial charge in [0.05, 0.1) is 5.92 Å². The maximum atomic E-state index is 12.5. The molecule has 2 aliphatic rings. The fraction of sp³-hybridized carbons (Fsp3) is 0.706. The van der Waals surface area contributed by atoms with E-state index in [4.69, 9.17) is 5.11 Å². The molecule has 0 spiro atoms. The number of amides is 1. The van der Waals surface area contributed by atoms with Gasteiger partial charge in [-0.05, 0) is 38.5 Å². The highest BCUT2D eigenvalue weighted by atomic mass is 16.4. The van der Waals surface area contributed by atoms with Crippen molar-refractivity contribution >= 4 is 11.9 Å². The molecule has 23 heavy (non-hydrogen) atoms. The van der Waals surface area contributed by atoms with Crippen LogP contribution < -0.4 is 0 Å². The second kappa shape index (κ2) is 8.00. The van der Waals surface area contributed by atoms with Crippen LogP contribution in [-0.4, -0.2) is 52.5 Å². The smallest absolute Gasteiger partial charge is 0.306 e. The third kappa shape index (κ3) is 4.25. The molecular weight excluding hydrogens is 294 g/mol. The third-order valence-electron chi connectivity index (χ3n) is 4.92. The molecule has 1 amide bonds. The first kappa shape index (κ1) is 17.3. The number of piperidine rings is 2. The quantitative estimate of drug-likeness (QED) is 0.632. The van der Waals surface area contributed by atoms with E-state index in [0.717, 1.165) is 25.8 Å². The summed E-state index contributed by atoms with van der Waals surface area (Å²) in [6.45, 7) is 3.83. The van der Waals surface area contributed by atoms with Gasteiger partial charge in [-0.3, -0.25) is 9.59 Å². The van der Waals surface area contributed by atoms with Crippen LogP contribution in [0, 0.1) is 17.2 Å². The van der Waals surface area contributed by atoms with Crippen LogP contribution in [0.5, 0.6) is 0 Å². The van der Waals surface area contributed by atoms with Gasteiger partial charge in [0.25, 0.3) is 5.91 Å². The summed E-state index contributed by atoms with van der Waals surface area (Å²) >= 11 is 0. The fourth-order valence-electron chi connectivity index (χ4n) is 3.43. The molecule has 126 valence electrons. The van der Waals surface area contributed by atoms with Gasteiger partial charge in [-0.25, -0.2) is 0 Å². The minimum atomic E-state index is -0.799. The Morgan fingerprint density at radius 2 is 1.91 bits per heavy atom. The Kier molecular flexibility index (Phi) is 6.03. The summed E-state index contributed by atoms with van der Waals surface area (Å²) < 4.78 is 0. The molecule has 0 aromatic carbocycles. The third-order valence-corrected chi connectivity index (χ3v) is 4.92. The Bertz CT molecular complexity index is 516. The summed E-state index contributed by atoms with van der Waals surface area (Å²) in [5.41, 5.74) is 0.166. The number of carbonyl (C=O) groups is 2. The minimum absolute atomic E-state index is 0.166. The number of hydrogen-bond donors (Lipinski definition) is 1. The molecule has 2 fully saturated rings. The summed E-state index contributed by atoms with van der Waals surface area (Å²) in [4.78, 5) is 27.3. The molecule has 2 saturated heterocycles. The van der Waals surface area contributed by atoms with Crippen molar-refractivity contribution in [1.82, 2.24) is 9.80 Å². The fourth-order valence-corrected chi connectivity index (χ4v) is 3.43. The molecular formula is C17H25N3O3. The average Bonchev–Trinajstić information content (AvgIpc) is 2.59. The molecule has 6 nitrogen and oxygen atoms in total. The van der Waals surface area contributed by atoms with E-state index in [-0.39, 0.29) is 17.4 Å². The molecule has 2 rings (SSSR count). The highest BCUT2D eigenvalue weighted by molar-refractivity contribution is 5.97. The van der Waals surface area contributed by atoms with Crippen molar-refractivity contribution in [2.45, 2.75) is 51.5 Å². The van der Waals surface area contributed by atoms with Gasteiger partial charge in [0, 0.05) is 31.9 Å². The average molecular weight is 319 g/mol. The van der Waals surface area contributed by atoms with Crippen LogP contribution in [0.25, 0.3) is 0 Å². The highest BCUT2D eigenvalue weighted by Gasteiger charge is 2.29. The highest BCUT2D eigenvalue weighted by Crippen LogP contribution is 2.22. The van der Waals surface area contributed by atoms with Crippen molar-refractivity contribution in [3.05, 3.63) is 11.8 Å².